The lowest BCUT2D eigenvalue weighted by atomic mass is 9.93. The van der Waals surface area contributed by atoms with E-state index in [1.165, 1.54) is 0 Å². The second-order valence-corrected chi connectivity index (χ2v) is 8.86. The van der Waals surface area contributed by atoms with Crippen LogP contribution >= 0.6 is 22.6 Å². The summed E-state index contributed by atoms with van der Waals surface area (Å²) in [6, 6.07) is 0. The van der Waals surface area contributed by atoms with E-state index >= 15 is 0 Å². The molecule has 1 saturated heterocycles. The van der Waals surface area contributed by atoms with Crippen LogP contribution in [0.3, 0.4) is 0 Å². The maximum atomic E-state index is 12.1. The van der Waals surface area contributed by atoms with Crippen LogP contribution in [0.5, 0.6) is 0 Å². The summed E-state index contributed by atoms with van der Waals surface area (Å²) in [4.78, 5) is 13.9. The van der Waals surface area contributed by atoms with Gasteiger partial charge in [-0.2, -0.15) is 0 Å². The summed E-state index contributed by atoms with van der Waals surface area (Å²) in [7, 11) is 0. The van der Waals surface area contributed by atoms with Crippen molar-refractivity contribution in [1.82, 2.24) is 4.90 Å². The molecule has 0 aromatic rings. The Morgan fingerprint density at radius 3 is 2.04 bits per heavy atom. The van der Waals surface area contributed by atoms with Gasteiger partial charge in [-0.25, -0.2) is 4.79 Å². The third-order valence-electron chi connectivity index (χ3n) is 3.60. The fraction of sp³-hybridized carbons (Fsp3) is 0.941. The van der Waals surface area contributed by atoms with Crippen LogP contribution in [0.15, 0.2) is 0 Å². The molecule has 0 aromatic carbocycles. The van der Waals surface area contributed by atoms with Crippen LogP contribution in [0.25, 0.3) is 0 Å². The van der Waals surface area contributed by atoms with E-state index in [0.29, 0.717) is 26.3 Å². The number of alkyl halides is 1. The van der Waals surface area contributed by atoms with Crippen LogP contribution in [0.1, 0.15) is 54.4 Å². The van der Waals surface area contributed by atoms with Crippen molar-refractivity contribution >= 4 is 28.7 Å². The number of ether oxygens (including phenoxy) is 3. The molecule has 1 fully saturated rings. The van der Waals surface area contributed by atoms with Crippen molar-refractivity contribution in [2.75, 3.05) is 30.7 Å². The number of halogens is 1. The van der Waals surface area contributed by atoms with E-state index < -0.39 is 5.60 Å². The van der Waals surface area contributed by atoms with E-state index in [0.717, 1.165) is 17.3 Å². The van der Waals surface area contributed by atoms with E-state index in [9.17, 15) is 4.79 Å². The maximum Gasteiger partial charge on any atom is 0.410 e. The average molecular weight is 441 g/mol. The zero-order valence-electron chi connectivity index (χ0n) is 15.4. The number of hydrogen-bond acceptors (Lipinski definition) is 4. The summed E-state index contributed by atoms with van der Waals surface area (Å²) in [5, 5.41) is 0. The van der Waals surface area contributed by atoms with E-state index in [-0.39, 0.29) is 17.3 Å². The molecule has 23 heavy (non-hydrogen) atoms. The van der Waals surface area contributed by atoms with Gasteiger partial charge in [-0.3, -0.25) is 0 Å². The maximum absolute atomic E-state index is 12.1. The van der Waals surface area contributed by atoms with Crippen molar-refractivity contribution < 1.29 is 19.0 Å². The monoisotopic (exact) mass is 441 g/mol. The van der Waals surface area contributed by atoms with Gasteiger partial charge in [-0.1, -0.05) is 22.6 Å². The Kier molecular flexibility index (Phi) is 7.60. The summed E-state index contributed by atoms with van der Waals surface area (Å²) in [5.41, 5.74) is -0.739. The first-order chi connectivity index (χ1) is 10.5. The third-order valence-corrected chi connectivity index (χ3v) is 4.99. The number of carbonyl (C=O) groups is 1. The SMILES string of the molecule is CC(C)(C)OCCOC1(CI)CCN(C(=O)OC(C)(C)C)CC1. The van der Waals surface area contributed by atoms with Gasteiger partial charge in [0.1, 0.15) is 5.60 Å². The predicted molar refractivity (Wildman–Crippen MR) is 100 cm³/mol. The minimum Gasteiger partial charge on any atom is -0.444 e. The van der Waals surface area contributed by atoms with E-state index in [2.05, 4.69) is 22.6 Å². The standard InChI is InChI=1S/C17H32INO4/c1-15(2,3)21-11-12-22-17(13-18)7-9-19(10-8-17)14(20)23-16(4,5)6/h7-13H2,1-6H3. The highest BCUT2D eigenvalue weighted by atomic mass is 127. The Morgan fingerprint density at radius 2 is 1.61 bits per heavy atom. The van der Waals surface area contributed by atoms with Gasteiger partial charge in [0.25, 0.3) is 0 Å². The van der Waals surface area contributed by atoms with Gasteiger partial charge in [-0.15, -0.1) is 0 Å². The van der Waals surface area contributed by atoms with Gasteiger partial charge in [0.05, 0.1) is 24.4 Å². The zero-order chi connectivity index (χ0) is 17.7. The molecular weight excluding hydrogens is 409 g/mol. The van der Waals surface area contributed by atoms with Crippen molar-refractivity contribution in [3.63, 3.8) is 0 Å². The molecule has 0 bridgehead atoms. The highest BCUT2D eigenvalue weighted by Gasteiger charge is 2.37. The lowest BCUT2D eigenvalue weighted by Gasteiger charge is -2.41. The highest BCUT2D eigenvalue weighted by Crippen LogP contribution is 2.29. The second kappa shape index (κ2) is 8.34. The van der Waals surface area contributed by atoms with Crippen LogP contribution in [0, 0.1) is 0 Å². The molecule has 1 aliphatic heterocycles. The van der Waals surface area contributed by atoms with Crippen LogP contribution in [-0.4, -0.2) is 58.5 Å². The zero-order valence-corrected chi connectivity index (χ0v) is 17.6. The molecular formula is C17H32INO4. The first kappa shape index (κ1) is 21.0. The molecule has 5 nitrogen and oxygen atoms in total. The smallest absolute Gasteiger partial charge is 0.410 e. The van der Waals surface area contributed by atoms with E-state index in [4.69, 9.17) is 14.2 Å². The summed E-state index contributed by atoms with van der Waals surface area (Å²) in [5.74, 6) is 0. The van der Waals surface area contributed by atoms with Crippen molar-refractivity contribution in [2.45, 2.75) is 71.2 Å². The Morgan fingerprint density at radius 1 is 1.04 bits per heavy atom. The van der Waals surface area contributed by atoms with Gasteiger partial charge < -0.3 is 19.1 Å². The van der Waals surface area contributed by atoms with Gasteiger partial charge in [-0.05, 0) is 54.4 Å². The number of amides is 1. The molecule has 0 spiro atoms. The van der Waals surface area contributed by atoms with Crippen LogP contribution in [-0.2, 0) is 14.2 Å². The molecule has 1 aliphatic rings. The molecule has 1 amide bonds. The molecule has 0 N–H and O–H groups in total. The van der Waals surface area contributed by atoms with Crippen molar-refractivity contribution in [2.24, 2.45) is 0 Å². The fourth-order valence-corrected chi connectivity index (χ4v) is 3.33. The number of carbonyl (C=O) groups excluding carboxylic acids is 1. The predicted octanol–water partition coefficient (Wildman–Crippen LogP) is 4.02. The minimum absolute atomic E-state index is 0.138. The summed E-state index contributed by atoms with van der Waals surface area (Å²) in [6.45, 7) is 14.3. The summed E-state index contributed by atoms with van der Waals surface area (Å²) >= 11 is 2.37. The molecule has 1 heterocycles. The summed E-state index contributed by atoms with van der Waals surface area (Å²) < 4.78 is 18.2. The van der Waals surface area contributed by atoms with Crippen molar-refractivity contribution in [3.8, 4) is 0 Å². The molecule has 6 heteroatoms. The number of piperidine rings is 1. The Labute approximate surface area is 154 Å². The molecule has 0 radical (unpaired) electrons. The first-order valence-corrected chi connectivity index (χ1v) is 9.81. The Balaban J connectivity index is 2.42. The first-order valence-electron chi connectivity index (χ1n) is 8.28. The van der Waals surface area contributed by atoms with Crippen LogP contribution in [0.4, 0.5) is 4.79 Å². The fourth-order valence-electron chi connectivity index (χ4n) is 2.35. The molecule has 0 saturated carbocycles. The van der Waals surface area contributed by atoms with E-state index in [1.807, 2.05) is 41.5 Å². The van der Waals surface area contributed by atoms with Gasteiger partial charge in [0.2, 0.25) is 0 Å². The lowest BCUT2D eigenvalue weighted by Crippen LogP contribution is -2.50. The molecule has 1 rings (SSSR count). The molecule has 0 atom stereocenters. The van der Waals surface area contributed by atoms with E-state index in [1.54, 1.807) is 4.90 Å². The Bertz CT molecular complexity index is 379. The molecule has 0 unspecified atom stereocenters. The van der Waals surface area contributed by atoms with Gasteiger partial charge in [0, 0.05) is 17.5 Å². The lowest BCUT2D eigenvalue weighted by molar-refractivity contribution is -0.102. The minimum atomic E-state index is -0.449. The quantitative estimate of drug-likeness (QED) is 0.367. The highest BCUT2D eigenvalue weighted by molar-refractivity contribution is 14.1. The number of nitrogens with zero attached hydrogens (tertiary/aromatic N) is 1. The van der Waals surface area contributed by atoms with Crippen LogP contribution < -0.4 is 0 Å². The van der Waals surface area contributed by atoms with Gasteiger partial charge >= 0.3 is 6.09 Å². The number of rotatable bonds is 5. The van der Waals surface area contributed by atoms with Crippen molar-refractivity contribution in [1.29, 1.82) is 0 Å². The topological polar surface area (TPSA) is 48.0 Å². The largest absolute Gasteiger partial charge is 0.444 e. The average Bonchev–Trinajstić information content (AvgIpc) is 2.41. The normalized spacial score (nSPS) is 18.8. The van der Waals surface area contributed by atoms with Gasteiger partial charge in [0.15, 0.2) is 0 Å². The second-order valence-electron chi connectivity index (χ2n) is 8.09. The Hall–Kier alpha value is -0.0800. The molecule has 0 aromatic heterocycles. The molecule has 0 aliphatic carbocycles. The van der Waals surface area contributed by atoms with Crippen molar-refractivity contribution in [3.05, 3.63) is 0 Å². The summed E-state index contributed by atoms with van der Waals surface area (Å²) in [6.07, 6.45) is 1.45. The van der Waals surface area contributed by atoms with Crippen LogP contribution in [0.2, 0.25) is 0 Å². The molecule has 136 valence electrons. The number of likely N-dealkylation sites (tertiary alicyclic amines) is 1. The third kappa shape index (κ3) is 8.03. The number of hydrogen-bond donors (Lipinski definition) is 0.